The zero-order chi connectivity index (χ0) is 28.2. The molecule has 2 aliphatic heterocycles. The molecule has 4 atom stereocenters. The van der Waals surface area contributed by atoms with Crippen LogP contribution in [0.3, 0.4) is 0 Å². The van der Waals surface area contributed by atoms with Crippen LogP contribution in [0, 0.1) is 0 Å². The lowest BCUT2D eigenvalue weighted by molar-refractivity contribution is -0.144. The summed E-state index contributed by atoms with van der Waals surface area (Å²) in [6.07, 6.45) is 2.53. The number of benzene rings is 2. The molecule has 0 aromatic heterocycles. The Hall–Kier alpha value is -3.28. The number of likely N-dealkylation sites (N-methyl/N-ethyl adjacent to an activating group) is 1. The van der Waals surface area contributed by atoms with Gasteiger partial charge in [-0.15, -0.1) is 0 Å². The lowest BCUT2D eigenvalue weighted by Gasteiger charge is -2.38. The van der Waals surface area contributed by atoms with Gasteiger partial charge >= 0.3 is 0 Å². The van der Waals surface area contributed by atoms with E-state index in [1.54, 1.807) is 18.9 Å². The van der Waals surface area contributed by atoms with Crippen molar-refractivity contribution in [1.29, 1.82) is 0 Å². The van der Waals surface area contributed by atoms with Crippen molar-refractivity contribution in [3.05, 3.63) is 71.8 Å². The average Bonchev–Trinajstić information content (AvgIpc) is 3.35. The number of carbonyl (C=O) groups is 3. The van der Waals surface area contributed by atoms with Gasteiger partial charge in [0, 0.05) is 19.1 Å². The lowest BCUT2D eigenvalue weighted by Crippen LogP contribution is -2.62. The number of rotatable bonds is 8. The van der Waals surface area contributed by atoms with Gasteiger partial charge in [-0.25, -0.2) is 8.42 Å². The first-order valence-corrected chi connectivity index (χ1v) is 15.1. The molecule has 0 aliphatic carbocycles. The molecule has 11 heteroatoms. The maximum absolute atomic E-state index is 13.9. The smallest absolute Gasteiger partial charge is 0.247 e. The number of sulfonamides is 1. The third kappa shape index (κ3) is 6.66. The second-order valence-electron chi connectivity index (χ2n) is 10.2. The van der Waals surface area contributed by atoms with Crippen LogP contribution in [-0.4, -0.2) is 85.9 Å². The number of hydrogen-bond acceptors (Lipinski definition) is 6. The molecule has 2 heterocycles. The van der Waals surface area contributed by atoms with Crippen LogP contribution in [0.15, 0.2) is 60.7 Å². The number of fused-ring (bicyclic) bond motifs is 1. The van der Waals surface area contributed by atoms with Gasteiger partial charge in [0.25, 0.3) is 0 Å². The first kappa shape index (κ1) is 28.7. The summed E-state index contributed by atoms with van der Waals surface area (Å²) < 4.78 is 26.1. The average molecular weight is 556 g/mol. The largest absolute Gasteiger partial charge is 0.343 e. The molecule has 2 aliphatic rings. The van der Waals surface area contributed by atoms with Crippen molar-refractivity contribution >= 4 is 27.7 Å². The van der Waals surface area contributed by atoms with E-state index in [-0.39, 0.29) is 25.0 Å². The Morgan fingerprint density at radius 3 is 2.08 bits per heavy atom. The number of nitrogens with zero attached hydrogens (tertiary/aromatic N) is 2. The molecule has 2 aromatic rings. The predicted molar refractivity (Wildman–Crippen MR) is 148 cm³/mol. The quantitative estimate of drug-likeness (QED) is 0.446. The molecule has 4 rings (SSSR count). The van der Waals surface area contributed by atoms with Crippen LogP contribution in [0.2, 0.25) is 0 Å². The van der Waals surface area contributed by atoms with Crippen LogP contribution in [-0.2, 0) is 24.4 Å². The number of amides is 3. The van der Waals surface area contributed by atoms with E-state index in [1.807, 2.05) is 60.7 Å². The van der Waals surface area contributed by atoms with Gasteiger partial charge in [0.05, 0.1) is 18.3 Å². The summed E-state index contributed by atoms with van der Waals surface area (Å²) in [6, 6.07) is 16.1. The van der Waals surface area contributed by atoms with Crippen LogP contribution < -0.4 is 16.0 Å². The molecule has 0 saturated carbocycles. The minimum absolute atomic E-state index is 0.186. The Morgan fingerprint density at radius 2 is 1.54 bits per heavy atom. The molecular formula is C28H37N5O5S. The van der Waals surface area contributed by atoms with Crippen molar-refractivity contribution in [3.8, 4) is 0 Å². The molecule has 1 unspecified atom stereocenters. The topological polar surface area (TPSA) is 128 Å². The monoisotopic (exact) mass is 555 g/mol. The molecule has 2 fully saturated rings. The zero-order valence-corrected chi connectivity index (χ0v) is 23.4. The third-order valence-electron chi connectivity index (χ3n) is 7.62. The lowest BCUT2D eigenvalue weighted by atomic mass is 9.98. The first-order chi connectivity index (χ1) is 18.6. The fourth-order valence-electron chi connectivity index (χ4n) is 5.33. The number of nitrogens with one attached hydrogen (secondary N) is 3. The van der Waals surface area contributed by atoms with Crippen LogP contribution in [0.4, 0.5) is 0 Å². The Bertz CT molecular complexity index is 1230. The molecular weight excluding hydrogens is 518 g/mol. The van der Waals surface area contributed by atoms with E-state index in [1.165, 1.54) is 4.31 Å². The van der Waals surface area contributed by atoms with Crippen molar-refractivity contribution < 1.29 is 22.8 Å². The van der Waals surface area contributed by atoms with E-state index >= 15 is 0 Å². The minimum atomic E-state index is -3.60. The van der Waals surface area contributed by atoms with E-state index in [2.05, 4.69) is 16.0 Å². The maximum Gasteiger partial charge on any atom is 0.247 e. The van der Waals surface area contributed by atoms with Gasteiger partial charge in [0.1, 0.15) is 12.1 Å². The minimum Gasteiger partial charge on any atom is -0.343 e. The van der Waals surface area contributed by atoms with E-state index in [0.717, 1.165) is 17.4 Å². The van der Waals surface area contributed by atoms with Crippen molar-refractivity contribution in [1.82, 2.24) is 25.2 Å². The second-order valence-corrected chi connectivity index (χ2v) is 12.2. The Kier molecular flexibility index (Phi) is 9.04. The highest BCUT2D eigenvalue weighted by Crippen LogP contribution is 2.31. The van der Waals surface area contributed by atoms with Crippen molar-refractivity contribution in [2.75, 3.05) is 26.4 Å². The third-order valence-corrected chi connectivity index (χ3v) is 8.89. The summed E-state index contributed by atoms with van der Waals surface area (Å²) in [5.74, 6) is -1.15. The van der Waals surface area contributed by atoms with Crippen LogP contribution in [0.5, 0.6) is 0 Å². The Morgan fingerprint density at radius 1 is 0.949 bits per heavy atom. The number of carbonyl (C=O) groups excluding carboxylic acids is 3. The molecule has 3 amide bonds. The summed E-state index contributed by atoms with van der Waals surface area (Å²) >= 11 is 0. The van der Waals surface area contributed by atoms with Crippen LogP contribution >= 0.6 is 0 Å². The normalized spacial score (nSPS) is 23.0. The van der Waals surface area contributed by atoms with E-state index in [0.29, 0.717) is 19.3 Å². The SMILES string of the molecule is CNC(C)C(=O)N[C@H]1CN(S(C)(=O)=O)CC[C@H]2CC[C@@H](C(=O)NC(c3ccccc3)c3ccccc3)N2C1=O. The summed E-state index contributed by atoms with van der Waals surface area (Å²) in [6.45, 7) is 1.67. The van der Waals surface area contributed by atoms with Crippen molar-refractivity contribution in [3.63, 3.8) is 0 Å². The maximum atomic E-state index is 13.9. The molecule has 0 bridgehead atoms. The van der Waals surface area contributed by atoms with Gasteiger partial charge < -0.3 is 20.9 Å². The highest BCUT2D eigenvalue weighted by Gasteiger charge is 2.46. The number of hydrogen-bond donors (Lipinski definition) is 3. The summed E-state index contributed by atoms with van der Waals surface area (Å²) in [7, 11) is -1.98. The van der Waals surface area contributed by atoms with Gasteiger partial charge in [0.15, 0.2) is 0 Å². The highest BCUT2D eigenvalue weighted by molar-refractivity contribution is 7.88. The molecule has 0 radical (unpaired) electrons. The van der Waals surface area contributed by atoms with Gasteiger partial charge in [0.2, 0.25) is 27.7 Å². The Labute approximate surface area is 230 Å². The van der Waals surface area contributed by atoms with E-state index in [9.17, 15) is 22.8 Å². The molecule has 3 N–H and O–H groups in total. The molecule has 2 aromatic carbocycles. The predicted octanol–water partition coefficient (Wildman–Crippen LogP) is 1.01. The summed E-state index contributed by atoms with van der Waals surface area (Å²) in [5, 5.41) is 8.72. The van der Waals surface area contributed by atoms with E-state index < -0.39 is 46.0 Å². The second kappa shape index (κ2) is 12.3. The van der Waals surface area contributed by atoms with Gasteiger partial charge in [-0.2, -0.15) is 4.31 Å². The standard InChI is InChI=1S/C28H37N5O5S/c1-19(29-2)26(34)30-23-18-32(39(3,37)38)17-16-22-14-15-24(33(22)28(23)36)27(35)31-25(20-10-6-4-7-11-20)21-12-8-5-9-13-21/h4-13,19,22-25,29H,14-18H2,1-3H3,(H,30,34)(H,31,35)/t19?,22-,23+,24+/m1/s1. The van der Waals surface area contributed by atoms with Crippen molar-refractivity contribution in [2.24, 2.45) is 0 Å². The molecule has 10 nitrogen and oxygen atoms in total. The van der Waals surface area contributed by atoms with Crippen molar-refractivity contribution in [2.45, 2.75) is 56.4 Å². The van der Waals surface area contributed by atoms with Gasteiger partial charge in [-0.3, -0.25) is 14.4 Å². The highest BCUT2D eigenvalue weighted by atomic mass is 32.2. The zero-order valence-electron chi connectivity index (χ0n) is 22.5. The molecule has 210 valence electrons. The first-order valence-electron chi connectivity index (χ1n) is 13.3. The van der Waals surface area contributed by atoms with Crippen LogP contribution in [0.1, 0.15) is 43.4 Å². The molecule has 0 spiro atoms. The fraction of sp³-hybridized carbons (Fsp3) is 0.464. The fourth-order valence-corrected chi connectivity index (χ4v) is 6.19. The van der Waals surface area contributed by atoms with E-state index in [4.69, 9.17) is 0 Å². The summed E-state index contributed by atoms with van der Waals surface area (Å²) in [5.41, 5.74) is 1.83. The van der Waals surface area contributed by atoms with Crippen LogP contribution in [0.25, 0.3) is 0 Å². The van der Waals surface area contributed by atoms with Gasteiger partial charge in [-0.05, 0) is 44.4 Å². The molecule has 2 saturated heterocycles. The summed E-state index contributed by atoms with van der Waals surface area (Å²) in [4.78, 5) is 42.0. The Balaban J connectivity index is 1.61. The molecule has 39 heavy (non-hydrogen) atoms. The van der Waals surface area contributed by atoms with Gasteiger partial charge in [-0.1, -0.05) is 60.7 Å².